The molecule has 0 aliphatic carbocycles. The first-order valence-electron chi connectivity index (χ1n) is 11.1. The molecule has 0 unspecified atom stereocenters. The van der Waals surface area contributed by atoms with E-state index in [1.807, 2.05) is 0 Å². The largest absolute Gasteiger partial charge is 0.302 e. The molecule has 0 atom stereocenters. The van der Waals surface area contributed by atoms with Gasteiger partial charge in [0.2, 0.25) is 5.91 Å². The molecule has 0 bridgehead atoms. The molecule has 0 aliphatic rings. The second kappa shape index (κ2) is 10.7. The van der Waals surface area contributed by atoms with Crippen LogP contribution in [0.1, 0.15) is 33.3 Å². The van der Waals surface area contributed by atoms with Crippen LogP contribution in [0.5, 0.6) is 0 Å². The van der Waals surface area contributed by atoms with E-state index in [1.165, 1.54) is 23.5 Å². The Morgan fingerprint density at radius 1 is 1.06 bits per heavy atom. The summed E-state index contributed by atoms with van der Waals surface area (Å²) in [5.74, 6) is -0.476. The number of carbonyl (C=O) groups is 1. The van der Waals surface area contributed by atoms with Gasteiger partial charge in [0.25, 0.3) is 0 Å². The van der Waals surface area contributed by atoms with Gasteiger partial charge in [-0.3, -0.25) is 9.69 Å². The van der Waals surface area contributed by atoms with Gasteiger partial charge in [-0.15, -0.1) is 0 Å². The zero-order valence-electron chi connectivity index (χ0n) is 19.4. The van der Waals surface area contributed by atoms with Gasteiger partial charge in [0.15, 0.2) is 15.0 Å². The number of hydrogen-bond donors (Lipinski definition) is 0. The molecule has 0 fully saturated rings. The number of thiazole rings is 1. The van der Waals surface area contributed by atoms with Crippen LogP contribution in [0.4, 0.5) is 9.52 Å². The maximum absolute atomic E-state index is 13.7. The third kappa shape index (κ3) is 5.96. The van der Waals surface area contributed by atoms with E-state index in [-0.39, 0.29) is 23.0 Å². The van der Waals surface area contributed by atoms with Crippen molar-refractivity contribution in [3.05, 3.63) is 53.8 Å². The lowest BCUT2D eigenvalue weighted by Crippen LogP contribution is -2.39. The number of amides is 1. The van der Waals surface area contributed by atoms with Gasteiger partial charge in [0.1, 0.15) is 5.82 Å². The summed E-state index contributed by atoms with van der Waals surface area (Å²) in [5, 5.41) is 0.0242. The molecule has 6 nitrogen and oxygen atoms in total. The topological polar surface area (TPSA) is 70.6 Å². The van der Waals surface area contributed by atoms with Crippen molar-refractivity contribution >= 4 is 42.4 Å². The van der Waals surface area contributed by atoms with Crippen molar-refractivity contribution in [2.75, 3.05) is 31.1 Å². The predicted molar refractivity (Wildman–Crippen MR) is 132 cm³/mol. The van der Waals surface area contributed by atoms with E-state index in [0.29, 0.717) is 28.4 Å². The minimum atomic E-state index is -3.36. The summed E-state index contributed by atoms with van der Waals surface area (Å²) in [4.78, 5) is 22.0. The van der Waals surface area contributed by atoms with Crippen molar-refractivity contribution < 1.29 is 17.6 Å². The van der Waals surface area contributed by atoms with Crippen LogP contribution < -0.4 is 4.90 Å². The molecule has 3 aromatic rings. The molecule has 0 saturated carbocycles. The molecule has 3 rings (SSSR count). The van der Waals surface area contributed by atoms with E-state index in [1.54, 1.807) is 49.1 Å². The minimum Gasteiger partial charge on any atom is -0.302 e. The number of benzene rings is 2. The van der Waals surface area contributed by atoms with Gasteiger partial charge >= 0.3 is 0 Å². The van der Waals surface area contributed by atoms with Gasteiger partial charge in [-0.05, 0) is 62.8 Å². The molecule has 9 heteroatoms. The summed E-state index contributed by atoms with van der Waals surface area (Å²) >= 11 is 1.29. The number of rotatable bonds is 10. The fraction of sp³-hybridized carbons (Fsp3) is 0.417. The smallest absolute Gasteiger partial charge is 0.233 e. The third-order valence-corrected chi connectivity index (χ3v) is 8.84. The van der Waals surface area contributed by atoms with Crippen molar-refractivity contribution in [1.82, 2.24) is 9.88 Å². The average Bonchev–Trinajstić information content (AvgIpc) is 3.19. The van der Waals surface area contributed by atoms with Gasteiger partial charge in [0, 0.05) is 13.1 Å². The van der Waals surface area contributed by atoms with Gasteiger partial charge in [-0.25, -0.2) is 17.8 Å². The monoisotopic (exact) mass is 491 g/mol. The molecule has 0 N–H and O–H groups in total. The summed E-state index contributed by atoms with van der Waals surface area (Å²) in [7, 11) is -3.36. The van der Waals surface area contributed by atoms with E-state index in [0.717, 1.165) is 18.7 Å². The highest BCUT2D eigenvalue weighted by molar-refractivity contribution is 7.92. The molecule has 1 heterocycles. The van der Waals surface area contributed by atoms with Gasteiger partial charge in [0.05, 0.1) is 26.8 Å². The van der Waals surface area contributed by atoms with Crippen molar-refractivity contribution in [2.45, 2.75) is 44.3 Å². The fourth-order valence-electron chi connectivity index (χ4n) is 3.45. The van der Waals surface area contributed by atoms with Crippen LogP contribution in [0.2, 0.25) is 0 Å². The van der Waals surface area contributed by atoms with Crippen molar-refractivity contribution in [2.24, 2.45) is 0 Å². The van der Waals surface area contributed by atoms with E-state index in [4.69, 9.17) is 0 Å². The Hall–Kier alpha value is -2.36. The Balaban J connectivity index is 1.85. The van der Waals surface area contributed by atoms with Gasteiger partial charge in [-0.2, -0.15) is 0 Å². The highest BCUT2D eigenvalue weighted by atomic mass is 32.2. The standard InChI is InChI=1S/C24H30FN3O3S2/c1-5-27(6-2)13-14-28(24-26-21-12-9-19(25)16-22(21)32-24)23(29)15-18-7-10-20(11-8-18)33(30,31)17(3)4/h7-12,16-17H,5-6,13-15H2,1-4H3. The number of hydrogen-bond acceptors (Lipinski definition) is 6. The number of nitrogens with zero attached hydrogens (tertiary/aromatic N) is 3. The zero-order chi connectivity index (χ0) is 24.2. The van der Waals surface area contributed by atoms with Crippen LogP contribution in [0.25, 0.3) is 10.2 Å². The lowest BCUT2D eigenvalue weighted by molar-refractivity contribution is -0.118. The number of carbonyl (C=O) groups excluding carboxylic acids is 1. The average molecular weight is 492 g/mol. The highest BCUT2D eigenvalue weighted by Crippen LogP contribution is 2.30. The Morgan fingerprint density at radius 3 is 2.33 bits per heavy atom. The van der Waals surface area contributed by atoms with Crippen LogP contribution in [0.3, 0.4) is 0 Å². The molecule has 1 aromatic heterocycles. The quantitative estimate of drug-likeness (QED) is 0.417. The molecule has 1 amide bonds. The molecule has 178 valence electrons. The van der Waals surface area contributed by atoms with Crippen molar-refractivity contribution in [3.8, 4) is 0 Å². The first-order chi connectivity index (χ1) is 15.6. The molecule has 0 aliphatic heterocycles. The summed E-state index contributed by atoms with van der Waals surface area (Å²) in [6.45, 7) is 10.3. The lowest BCUT2D eigenvalue weighted by Gasteiger charge is -2.24. The summed E-state index contributed by atoms with van der Waals surface area (Å²) in [6.07, 6.45) is 0.116. The number of halogens is 1. The van der Waals surface area contributed by atoms with Crippen molar-refractivity contribution in [1.29, 1.82) is 0 Å². The SMILES string of the molecule is CCN(CC)CCN(C(=O)Cc1ccc(S(=O)(=O)C(C)C)cc1)c1nc2ccc(F)cc2s1. The molecule has 2 aromatic carbocycles. The second-order valence-electron chi connectivity index (χ2n) is 8.10. The number of aromatic nitrogens is 1. The van der Waals surface area contributed by atoms with Crippen LogP contribution >= 0.6 is 11.3 Å². The lowest BCUT2D eigenvalue weighted by atomic mass is 10.1. The molecule has 33 heavy (non-hydrogen) atoms. The second-order valence-corrected chi connectivity index (χ2v) is 11.6. The van der Waals surface area contributed by atoms with Gasteiger partial charge in [-0.1, -0.05) is 37.3 Å². The molecule has 0 radical (unpaired) electrons. The van der Waals surface area contributed by atoms with E-state index in [9.17, 15) is 17.6 Å². The van der Waals surface area contributed by atoms with E-state index < -0.39 is 15.1 Å². The van der Waals surface area contributed by atoms with E-state index in [2.05, 4.69) is 23.7 Å². The van der Waals surface area contributed by atoms with Crippen LogP contribution in [-0.2, 0) is 21.1 Å². The van der Waals surface area contributed by atoms with Crippen LogP contribution in [-0.4, -0.2) is 55.6 Å². The molecule has 0 saturated heterocycles. The predicted octanol–water partition coefficient (Wildman–Crippen LogP) is 4.54. The van der Waals surface area contributed by atoms with Crippen molar-refractivity contribution in [3.63, 3.8) is 0 Å². The fourth-order valence-corrected chi connectivity index (χ4v) is 5.54. The Labute approximate surface area is 199 Å². The van der Waals surface area contributed by atoms with Gasteiger partial charge < -0.3 is 4.90 Å². The number of fused-ring (bicyclic) bond motifs is 1. The number of anilines is 1. The Morgan fingerprint density at radius 2 is 1.73 bits per heavy atom. The number of likely N-dealkylation sites (N-methyl/N-ethyl adjacent to an activating group) is 1. The first kappa shape index (κ1) is 25.3. The summed E-state index contributed by atoms with van der Waals surface area (Å²) in [6, 6.07) is 10.9. The zero-order valence-corrected chi connectivity index (χ0v) is 21.0. The molecule has 0 spiro atoms. The van der Waals surface area contributed by atoms with E-state index >= 15 is 0 Å². The Bertz CT molecular complexity index is 1200. The summed E-state index contributed by atoms with van der Waals surface area (Å²) < 4.78 is 39.1. The Kier molecular flexibility index (Phi) is 8.20. The maximum atomic E-state index is 13.7. The highest BCUT2D eigenvalue weighted by Gasteiger charge is 2.22. The normalized spacial score (nSPS) is 12.1. The van der Waals surface area contributed by atoms with Crippen LogP contribution in [0.15, 0.2) is 47.4 Å². The molecular weight excluding hydrogens is 461 g/mol. The first-order valence-corrected chi connectivity index (χ1v) is 13.4. The molecular formula is C24H30FN3O3S2. The maximum Gasteiger partial charge on any atom is 0.233 e. The van der Waals surface area contributed by atoms with Crippen LogP contribution in [0, 0.1) is 5.82 Å². The minimum absolute atomic E-state index is 0.116. The number of sulfone groups is 1. The third-order valence-electron chi connectivity index (χ3n) is 5.63. The summed E-state index contributed by atoms with van der Waals surface area (Å²) in [5.41, 5.74) is 1.38.